The lowest BCUT2D eigenvalue weighted by atomic mass is 9.93. The summed E-state index contributed by atoms with van der Waals surface area (Å²) in [7, 11) is 0. The van der Waals surface area contributed by atoms with Crippen molar-refractivity contribution in [1.29, 1.82) is 0 Å². The van der Waals surface area contributed by atoms with Crippen molar-refractivity contribution >= 4 is 0 Å². The quantitative estimate of drug-likeness (QED) is 0.777. The largest absolute Gasteiger partial charge is 0.298 e. The Morgan fingerprint density at radius 2 is 1.86 bits per heavy atom. The Balaban J connectivity index is 1.65. The molecule has 1 saturated heterocycles. The van der Waals surface area contributed by atoms with E-state index in [2.05, 4.69) is 73.3 Å². The molecule has 1 unspecified atom stereocenters. The van der Waals surface area contributed by atoms with Crippen LogP contribution in [0.5, 0.6) is 0 Å². The van der Waals surface area contributed by atoms with Crippen molar-refractivity contribution < 1.29 is 0 Å². The van der Waals surface area contributed by atoms with E-state index >= 15 is 0 Å². The predicted molar refractivity (Wildman–Crippen MR) is 89.6 cm³/mol. The van der Waals surface area contributed by atoms with E-state index in [-0.39, 0.29) is 0 Å². The van der Waals surface area contributed by atoms with Gasteiger partial charge in [-0.1, -0.05) is 68.4 Å². The van der Waals surface area contributed by atoms with Crippen molar-refractivity contribution in [2.24, 2.45) is 0 Å². The summed E-state index contributed by atoms with van der Waals surface area (Å²) in [6.45, 7) is 8.04. The number of rotatable bonds is 4. The minimum atomic E-state index is 0.617. The zero-order valence-corrected chi connectivity index (χ0v) is 13.1. The van der Waals surface area contributed by atoms with Crippen LogP contribution in [0.4, 0.5) is 0 Å². The molecule has 0 aliphatic carbocycles. The highest BCUT2D eigenvalue weighted by Gasteiger charge is 2.23. The maximum atomic E-state index is 2.59. The number of nitrogens with zero attached hydrogens (tertiary/aromatic N) is 1. The Labute approximate surface area is 128 Å². The van der Waals surface area contributed by atoms with Crippen LogP contribution in [-0.2, 0) is 6.54 Å². The highest BCUT2D eigenvalue weighted by molar-refractivity contribution is 5.29. The first-order valence-corrected chi connectivity index (χ1v) is 8.08. The molecule has 1 aliphatic heterocycles. The van der Waals surface area contributed by atoms with E-state index in [0.29, 0.717) is 11.8 Å². The summed E-state index contributed by atoms with van der Waals surface area (Å²) in [5.41, 5.74) is 4.42. The molecule has 21 heavy (non-hydrogen) atoms. The third kappa shape index (κ3) is 3.54. The molecule has 0 saturated carbocycles. The van der Waals surface area contributed by atoms with Crippen LogP contribution in [0.3, 0.4) is 0 Å². The van der Waals surface area contributed by atoms with Gasteiger partial charge in [-0.2, -0.15) is 0 Å². The average Bonchev–Trinajstić information content (AvgIpc) is 2.97. The molecule has 0 N–H and O–H groups in total. The van der Waals surface area contributed by atoms with Gasteiger partial charge in [0.1, 0.15) is 0 Å². The summed E-state index contributed by atoms with van der Waals surface area (Å²) in [4.78, 5) is 2.59. The van der Waals surface area contributed by atoms with Crippen LogP contribution in [0, 0.1) is 0 Å². The van der Waals surface area contributed by atoms with E-state index in [0.717, 1.165) is 6.54 Å². The summed E-state index contributed by atoms with van der Waals surface area (Å²) in [6.07, 6.45) is 1.29. The molecule has 0 aromatic heterocycles. The smallest absolute Gasteiger partial charge is 0.0233 e. The fourth-order valence-corrected chi connectivity index (χ4v) is 3.26. The SMILES string of the molecule is CC(C)c1cccc(C2CCN(Cc3ccccc3)C2)c1. The summed E-state index contributed by atoms with van der Waals surface area (Å²) in [5, 5.41) is 0. The van der Waals surface area contributed by atoms with Crippen LogP contribution in [0.25, 0.3) is 0 Å². The van der Waals surface area contributed by atoms with Gasteiger partial charge < -0.3 is 0 Å². The normalized spacial score (nSPS) is 19.3. The molecule has 1 aliphatic rings. The zero-order valence-electron chi connectivity index (χ0n) is 13.1. The van der Waals surface area contributed by atoms with Crippen molar-refractivity contribution in [3.05, 3.63) is 71.3 Å². The van der Waals surface area contributed by atoms with Gasteiger partial charge in [0.25, 0.3) is 0 Å². The molecule has 2 aromatic carbocycles. The van der Waals surface area contributed by atoms with Crippen LogP contribution in [0.1, 0.15) is 48.8 Å². The highest BCUT2D eigenvalue weighted by atomic mass is 15.1. The minimum Gasteiger partial charge on any atom is -0.298 e. The van der Waals surface area contributed by atoms with Gasteiger partial charge in [-0.3, -0.25) is 4.90 Å². The van der Waals surface area contributed by atoms with E-state index < -0.39 is 0 Å². The second-order valence-electron chi connectivity index (χ2n) is 6.53. The summed E-state index contributed by atoms with van der Waals surface area (Å²) in [5.74, 6) is 1.32. The molecule has 1 atom stereocenters. The van der Waals surface area contributed by atoms with Crippen LogP contribution in [-0.4, -0.2) is 18.0 Å². The van der Waals surface area contributed by atoms with Crippen molar-refractivity contribution in [3.8, 4) is 0 Å². The lowest BCUT2D eigenvalue weighted by Crippen LogP contribution is -2.19. The van der Waals surface area contributed by atoms with Crippen molar-refractivity contribution in [3.63, 3.8) is 0 Å². The molecule has 2 aromatic rings. The molecule has 3 rings (SSSR count). The Bertz CT molecular complexity index is 573. The second kappa shape index (κ2) is 6.44. The second-order valence-corrected chi connectivity index (χ2v) is 6.53. The lowest BCUT2D eigenvalue weighted by Gasteiger charge is -2.17. The Morgan fingerprint density at radius 1 is 1.05 bits per heavy atom. The van der Waals surface area contributed by atoms with E-state index in [1.54, 1.807) is 0 Å². The van der Waals surface area contributed by atoms with Crippen LogP contribution in [0.2, 0.25) is 0 Å². The van der Waals surface area contributed by atoms with E-state index in [1.807, 2.05) is 0 Å². The van der Waals surface area contributed by atoms with Gasteiger partial charge in [0, 0.05) is 13.1 Å². The summed E-state index contributed by atoms with van der Waals surface area (Å²) in [6, 6.07) is 20.0. The average molecular weight is 279 g/mol. The lowest BCUT2D eigenvalue weighted by molar-refractivity contribution is 0.327. The fourth-order valence-electron chi connectivity index (χ4n) is 3.26. The molecule has 0 bridgehead atoms. The number of benzene rings is 2. The van der Waals surface area contributed by atoms with Gasteiger partial charge in [-0.05, 0) is 41.5 Å². The van der Waals surface area contributed by atoms with E-state index in [4.69, 9.17) is 0 Å². The molecule has 110 valence electrons. The van der Waals surface area contributed by atoms with Gasteiger partial charge in [-0.25, -0.2) is 0 Å². The first-order valence-electron chi connectivity index (χ1n) is 8.08. The van der Waals surface area contributed by atoms with Crippen LogP contribution < -0.4 is 0 Å². The molecular formula is C20H25N. The molecule has 1 heteroatoms. The van der Waals surface area contributed by atoms with Crippen molar-refractivity contribution in [1.82, 2.24) is 4.90 Å². The van der Waals surface area contributed by atoms with Crippen LogP contribution >= 0.6 is 0 Å². The van der Waals surface area contributed by atoms with Crippen LogP contribution in [0.15, 0.2) is 54.6 Å². The Hall–Kier alpha value is -1.60. The van der Waals surface area contributed by atoms with E-state index in [1.165, 1.54) is 36.2 Å². The number of likely N-dealkylation sites (tertiary alicyclic amines) is 1. The first-order chi connectivity index (χ1) is 10.2. The van der Waals surface area contributed by atoms with Gasteiger partial charge in [0.2, 0.25) is 0 Å². The third-order valence-electron chi connectivity index (χ3n) is 4.57. The minimum absolute atomic E-state index is 0.617. The highest BCUT2D eigenvalue weighted by Crippen LogP contribution is 2.29. The van der Waals surface area contributed by atoms with Gasteiger partial charge >= 0.3 is 0 Å². The Morgan fingerprint density at radius 3 is 2.62 bits per heavy atom. The van der Waals surface area contributed by atoms with Gasteiger partial charge in [0.15, 0.2) is 0 Å². The maximum absolute atomic E-state index is 2.59. The molecular weight excluding hydrogens is 254 g/mol. The number of hydrogen-bond acceptors (Lipinski definition) is 1. The van der Waals surface area contributed by atoms with Gasteiger partial charge in [0.05, 0.1) is 0 Å². The Kier molecular flexibility index (Phi) is 4.40. The molecule has 0 spiro atoms. The van der Waals surface area contributed by atoms with Crippen molar-refractivity contribution in [2.45, 2.75) is 38.6 Å². The molecule has 0 amide bonds. The molecule has 1 fully saturated rings. The molecule has 0 radical (unpaired) electrons. The third-order valence-corrected chi connectivity index (χ3v) is 4.57. The predicted octanol–water partition coefficient (Wildman–Crippen LogP) is 4.80. The van der Waals surface area contributed by atoms with E-state index in [9.17, 15) is 0 Å². The topological polar surface area (TPSA) is 3.24 Å². The van der Waals surface area contributed by atoms with Crippen molar-refractivity contribution in [2.75, 3.05) is 13.1 Å². The molecule has 1 heterocycles. The monoisotopic (exact) mass is 279 g/mol. The maximum Gasteiger partial charge on any atom is 0.0233 e. The number of hydrogen-bond donors (Lipinski definition) is 0. The molecule has 1 nitrogen and oxygen atoms in total. The summed E-state index contributed by atoms with van der Waals surface area (Å²) >= 11 is 0. The first kappa shape index (κ1) is 14.3. The standard InChI is InChI=1S/C20H25N/c1-16(2)18-9-6-10-19(13-18)20-11-12-21(15-20)14-17-7-4-3-5-8-17/h3-10,13,16,20H,11-12,14-15H2,1-2H3. The fraction of sp³-hybridized carbons (Fsp3) is 0.400. The zero-order chi connectivity index (χ0) is 14.7. The van der Waals surface area contributed by atoms with Gasteiger partial charge in [-0.15, -0.1) is 0 Å². The summed E-state index contributed by atoms with van der Waals surface area (Å²) < 4.78 is 0.